The minimum atomic E-state index is -5.11. The molecule has 2 aliphatic rings. The van der Waals surface area contributed by atoms with E-state index in [-0.39, 0.29) is 31.2 Å². The van der Waals surface area contributed by atoms with Crippen molar-refractivity contribution in [3.05, 3.63) is 59.2 Å². The summed E-state index contributed by atoms with van der Waals surface area (Å²) < 4.78 is 94.3. The van der Waals surface area contributed by atoms with Gasteiger partial charge in [0.1, 0.15) is 5.82 Å². The number of carbonyl (C=O) groups excluding carboxylic acids is 2. The molecule has 1 saturated heterocycles. The molecule has 246 valence electrons. The minimum Gasteiger partial charge on any atom is -0.465 e. The van der Waals surface area contributed by atoms with Crippen molar-refractivity contribution in [3.63, 3.8) is 0 Å². The number of carboxylic acid groups (broad SMARTS) is 1. The van der Waals surface area contributed by atoms with Crippen LogP contribution in [0.4, 0.5) is 50.8 Å². The summed E-state index contributed by atoms with van der Waals surface area (Å²) in [4.78, 5) is 44.9. The third-order valence-corrected chi connectivity index (χ3v) is 8.13. The summed E-state index contributed by atoms with van der Waals surface area (Å²) in [6.07, 6.45) is -8.37. The van der Waals surface area contributed by atoms with Crippen molar-refractivity contribution in [2.75, 3.05) is 32.1 Å². The predicted molar refractivity (Wildman–Crippen MR) is 146 cm³/mol. The van der Waals surface area contributed by atoms with Crippen molar-refractivity contribution in [1.82, 2.24) is 25.4 Å². The fraction of sp³-hybridized carbons (Fsp3) is 0.500. The molecule has 5 amide bonds. The quantitative estimate of drug-likeness (QED) is 0.370. The van der Waals surface area contributed by atoms with E-state index in [1.54, 1.807) is 0 Å². The van der Waals surface area contributed by atoms with Crippen molar-refractivity contribution in [1.29, 1.82) is 0 Å². The van der Waals surface area contributed by atoms with Crippen molar-refractivity contribution < 1.29 is 50.2 Å². The Balaban J connectivity index is 1.55. The minimum absolute atomic E-state index is 0.0220. The van der Waals surface area contributed by atoms with Gasteiger partial charge in [-0.2, -0.15) is 26.3 Å². The van der Waals surface area contributed by atoms with Gasteiger partial charge in [-0.3, -0.25) is 9.88 Å². The number of benzene rings is 1. The van der Waals surface area contributed by atoms with Crippen LogP contribution in [0.5, 0.6) is 0 Å². The third-order valence-electron chi connectivity index (χ3n) is 8.13. The second-order valence-electron chi connectivity index (χ2n) is 11.1. The van der Waals surface area contributed by atoms with E-state index in [9.17, 15) is 45.1 Å². The topological polar surface area (TPSA) is 118 Å². The lowest BCUT2D eigenvalue weighted by atomic mass is 9.91. The normalized spacial score (nSPS) is 22.1. The van der Waals surface area contributed by atoms with Crippen molar-refractivity contribution in [3.8, 4) is 0 Å². The number of halogens is 7. The van der Waals surface area contributed by atoms with Gasteiger partial charge in [0.25, 0.3) is 0 Å². The molecule has 2 heterocycles. The average molecular weight is 649 g/mol. The highest BCUT2D eigenvalue weighted by atomic mass is 19.4. The number of rotatable bonds is 5. The van der Waals surface area contributed by atoms with Gasteiger partial charge < -0.3 is 25.5 Å². The first kappa shape index (κ1) is 33.6. The summed E-state index contributed by atoms with van der Waals surface area (Å²) in [7, 11) is 2.34. The van der Waals surface area contributed by atoms with Crippen LogP contribution in [0, 0.1) is 5.82 Å². The Labute approximate surface area is 253 Å². The Morgan fingerprint density at radius 3 is 1.93 bits per heavy atom. The van der Waals surface area contributed by atoms with E-state index in [4.69, 9.17) is 5.11 Å². The smallest absolute Gasteiger partial charge is 0.416 e. The molecule has 4 rings (SSSR count). The number of anilines is 1. The van der Waals surface area contributed by atoms with Crippen molar-refractivity contribution >= 4 is 23.8 Å². The van der Waals surface area contributed by atoms with Crippen LogP contribution in [0.3, 0.4) is 0 Å². The lowest BCUT2D eigenvalue weighted by Crippen LogP contribution is -2.49. The van der Waals surface area contributed by atoms with E-state index in [1.807, 2.05) is 0 Å². The summed E-state index contributed by atoms with van der Waals surface area (Å²) >= 11 is 0. The summed E-state index contributed by atoms with van der Waals surface area (Å²) in [5.41, 5.74) is -3.50. The molecule has 0 spiro atoms. The zero-order valence-electron chi connectivity index (χ0n) is 24.1. The average Bonchev–Trinajstić information content (AvgIpc) is 3.42. The largest absolute Gasteiger partial charge is 0.465 e. The number of amides is 5. The maximum absolute atomic E-state index is 13.6. The monoisotopic (exact) mass is 648 g/mol. The van der Waals surface area contributed by atoms with Gasteiger partial charge in [-0.1, -0.05) is 0 Å². The number of pyridine rings is 1. The number of alkyl halides is 6. The number of likely N-dealkylation sites (tertiary alicyclic amines) is 1. The molecule has 1 aliphatic carbocycles. The fourth-order valence-corrected chi connectivity index (χ4v) is 5.69. The molecule has 2 atom stereocenters. The SMILES string of the molecule is CN(C(=O)N(C)[C@@H]1CN(C(=O)NC2CCC(NC(=O)O)CC2)C[C@H]1c1ccc(F)cn1)c1cc(C(F)(F)F)cc(C(F)(F)F)c1. The Hall–Kier alpha value is -4.31. The first-order valence-corrected chi connectivity index (χ1v) is 13.9. The molecule has 0 unspecified atom stereocenters. The molecule has 0 radical (unpaired) electrons. The van der Waals surface area contributed by atoms with Crippen LogP contribution in [0.25, 0.3) is 0 Å². The second-order valence-corrected chi connectivity index (χ2v) is 11.1. The van der Waals surface area contributed by atoms with Crippen LogP contribution >= 0.6 is 0 Å². The number of hydrogen-bond donors (Lipinski definition) is 3. The molecule has 1 saturated carbocycles. The summed E-state index contributed by atoms with van der Waals surface area (Å²) in [5.74, 6) is -1.31. The van der Waals surface area contributed by atoms with Gasteiger partial charge in [-0.15, -0.1) is 0 Å². The Morgan fingerprint density at radius 2 is 1.44 bits per heavy atom. The maximum atomic E-state index is 13.6. The Morgan fingerprint density at radius 1 is 0.889 bits per heavy atom. The summed E-state index contributed by atoms with van der Waals surface area (Å²) in [6.45, 7) is -0.0495. The molecule has 10 nitrogen and oxygen atoms in total. The van der Waals surface area contributed by atoms with Gasteiger partial charge in [0.05, 0.1) is 23.4 Å². The van der Waals surface area contributed by atoms with E-state index in [2.05, 4.69) is 15.6 Å². The molecule has 1 aromatic heterocycles. The van der Waals surface area contributed by atoms with Gasteiger partial charge in [0, 0.05) is 56.6 Å². The number of aromatic nitrogens is 1. The number of carbonyl (C=O) groups is 3. The molecular weight excluding hydrogens is 617 g/mol. The van der Waals surface area contributed by atoms with Gasteiger partial charge in [0.15, 0.2) is 0 Å². The standard InChI is InChI=1S/C28H31F7N6O4/c1-39(20-10-15(27(30,31)32)9-16(11-20)28(33,34)35)26(45)40(2)23-14-41(13-21(23)22-8-3-17(29)12-36-22)24(42)37-18-4-6-19(7-5-18)38-25(43)44/h3,8-12,18-19,21,23,38H,4-7,13-14H2,1-2H3,(H,37,42)(H,43,44)/t18?,19?,21-,23+/m0/s1. The predicted octanol–water partition coefficient (Wildman–Crippen LogP) is 5.50. The van der Waals surface area contributed by atoms with E-state index in [0.717, 1.165) is 24.2 Å². The van der Waals surface area contributed by atoms with Gasteiger partial charge in [0.2, 0.25) is 0 Å². The third kappa shape index (κ3) is 8.05. The molecule has 2 fully saturated rings. The molecule has 1 aliphatic heterocycles. The first-order chi connectivity index (χ1) is 20.9. The second kappa shape index (κ2) is 13.0. The summed E-state index contributed by atoms with van der Waals surface area (Å²) in [6, 6.07) is 0.589. The van der Waals surface area contributed by atoms with Crippen LogP contribution < -0.4 is 15.5 Å². The molecule has 1 aromatic carbocycles. The van der Waals surface area contributed by atoms with E-state index in [0.29, 0.717) is 48.4 Å². The van der Waals surface area contributed by atoms with Gasteiger partial charge in [-0.05, 0) is 56.0 Å². The molecule has 0 bridgehead atoms. The maximum Gasteiger partial charge on any atom is 0.416 e. The molecular formula is C28H31F7N6O4. The Bertz CT molecular complexity index is 1370. The first-order valence-electron chi connectivity index (χ1n) is 13.9. The number of nitrogens with zero attached hydrogens (tertiary/aromatic N) is 4. The highest BCUT2D eigenvalue weighted by molar-refractivity contribution is 5.92. The number of hydrogen-bond acceptors (Lipinski definition) is 4. The van der Waals surface area contributed by atoms with Crippen LogP contribution in [0.2, 0.25) is 0 Å². The van der Waals surface area contributed by atoms with Gasteiger partial charge in [-0.25, -0.2) is 18.8 Å². The number of likely N-dealkylation sites (N-methyl/N-ethyl adjacent to an activating group) is 1. The highest BCUT2D eigenvalue weighted by Gasteiger charge is 2.43. The van der Waals surface area contributed by atoms with Crippen LogP contribution in [-0.2, 0) is 12.4 Å². The lowest BCUT2D eigenvalue weighted by Gasteiger charge is -2.33. The Kier molecular flexibility index (Phi) is 9.68. The zero-order valence-corrected chi connectivity index (χ0v) is 24.1. The molecule has 3 N–H and O–H groups in total. The zero-order chi connectivity index (χ0) is 33.3. The van der Waals surface area contributed by atoms with Crippen molar-refractivity contribution in [2.24, 2.45) is 0 Å². The molecule has 2 aromatic rings. The van der Waals surface area contributed by atoms with E-state index in [1.165, 1.54) is 18.0 Å². The summed E-state index contributed by atoms with van der Waals surface area (Å²) in [5, 5.41) is 14.2. The highest BCUT2D eigenvalue weighted by Crippen LogP contribution is 2.39. The van der Waals surface area contributed by atoms with Crippen molar-refractivity contribution in [2.45, 2.75) is 62.1 Å². The fourth-order valence-electron chi connectivity index (χ4n) is 5.69. The van der Waals surface area contributed by atoms with Crippen LogP contribution in [0.1, 0.15) is 48.4 Å². The van der Waals surface area contributed by atoms with Crippen LogP contribution in [-0.4, -0.2) is 83.4 Å². The lowest BCUT2D eigenvalue weighted by molar-refractivity contribution is -0.143. The molecule has 45 heavy (non-hydrogen) atoms. The van der Waals surface area contributed by atoms with Gasteiger partial charge >= 0.3 is 30.5 Å². The number of nitrogens with one attached hydrogen (secondary N) is 2. The van der Waals surface area contributed by atoms with E-state index >= 15 is 0 Å². The van der Waals surface area contributed by atoms with Crippen LogP contribution in [0.15, 0.2) is 36.5 Å². The number of urea groups is 2. The van der Waals surface area contributed by atoms with E-state index < -0.39 is 65.1 Å². The molecule has 17 heteroatoms.